The van der Waals surface area contributed by atoms with Crippen LogP contribution in [0.2, 0.25) is 0 Å². The van der Waals surface area contributed by atoms with Crippen molar-refractivity contribution in [1.82, 2.24) is 0 Å². The summed E-state index contributed by atoms with van der Waals surface area (Å²) in [7, 11) is 0.120. The fourth-order valence-electron chi connectivity index (χ4n) is 0. The maximum atomic E-state index is 8.24. The van der Waals surface area contributed by atoms with E-state index in [1.54, 1.807) is 6.66 Å². The van der Waals surface area contributed by atoms with Gasteiger partial charge in [0.1, 0.15) is 0 Å². The van der Waals surface area contributed by atoms with Crippen molar-refractivity contribution in [3.05, 3.63) is 0 Å². The molecule has 0 fully saturated rings. The summed E-state index contributed by atoms with van der Waals surface area (Å²) in [5, 5.41) is 0. The van der Waals surface area contributed by atoms with Crippen LogP contribution in [0.3, 0.4) is 0 Å². The molecule has 1 unspecified atom stereocenters. The van der Waals surface area contributed by atoms with Gasteiger partial charge in [-0.15, -0.1) is 0 Å². The van der Waals surface area contributed by atoms with Crippen molar-refractivity contribution in [2.45, 2.75) is 0 Å². The van der Waals surface area contributed by atoms with Crippen LogP contribution < -0.4 is 0 Å². The Labute approximate surface area is 32.7 Å². The molecule has 0 spiro atoms. The second-order valence-corrected chi connectivity index (χ2v) is 2.17. The van der Waals surface area contributed by atoms with Gasteiger partial charge in [-0.25, -0.2) is 9.42 Å². The lowest BCUT2D eigenvalue weighted by Gasteiger charge is -1.82. The van der Waals surface area contributed by atoms with E-state index in [0.717, 1.165) is 0 Å². The van der Waals surface area contributed by atoms with Gasteiger partial charge in [-0.3, -0.25) is 0 Å². The molecule has 2 nitrogen and oxygen atoms in total. The van der Waals surface area contributed by atoms with Crippen LogP contribution >= 0.6 is 8.38 Å². The zero-order valence-electron chi connectivity index (χ0n) is 3.36. The summed E-state index contributed by atoms with van der Waals surface area (Å²) in [5.74, 6) is 0. The van der Waals surface area contributed by atoms with Crippen molar-refractivity contribution in [2.24, 2.45) is 0 Å². The Morgan fingerprint density at radius 1 is 1.80 bits per heavy atom. The second-order valence-electron chi connectivity index (χ2n) is 0.723. The minimum Gasteiger partial charge on any atom is -0.223 e. The van der Waals surface area contributed by atoms with Gasteiger partial charge in [0.25, 0.3) is 8.38 Å². The van der Waals surface area contributed by atoms with Crippen molar-refractivity contribution >= 4 is 8.38 Å². The Morgan fingerprint density at radius 3 is 2.00 bits per heavy atom. The van der Waals surface area contributed by atoms with Gasteiger partial charge >= 0.3 is 0 Å². The van der Waals surface area contributed by atoms with Crippen molar-refractivity contribution < 1.29 is 9.42 Å². The van der Waals surface area contributed by atoms with E-state index in [0.29, 0.717) is 0 Å². The lowest BCUT2D eigenvalue weighted by molar-refractivity contribution is 0.396. The predicted molar refractivity (Wildman–Crippen MR) is 23.5 cm³/mol. The van der Waals surface area contributed by atoms with Crippen LogP contribution in [0.4, 0.5) is 0 Å². The molecule has 0 aliphatic rings. The van der Waals surface area contributed by atoms with E-state index in [1.807, 2.05) is 0 Å². The minimum atomic E-state index is -1.37. The first-order valence-corrected chi connectivity index (χ1v) is 3.19. The molecular weight excluding hydrogens is 87.0 g/mol. The third-order valence-electron chi connectivity index (χ3n) is 0.295. The van der Waals surface area contributed by atoms with Crippen molar-refractivity contribution in [2.75, 3.05) is 13.8 Å². The summed E-state index contributed by atoms with van der Waals surface area (Å²) >= 11 is 0. The highest BCUT2D eigenvalue weighted by molar-refractivity contribution is 7.45. The summed E-state index contributed by atoms with van der Waals surface area (Å²) in [6.45, 7) is 1.66. The van der Waals surface area contributed by atoms with Gasteiger partial charge in [-0.2, -0.15) is 0 Å². The van der Waals surface area contributed by atoms with Crippen LogP contribution in [-0.2, 0) is 4.52 Å². The van der Waals surface area contributed by atoms with E-state index in [-0.39, 0.29) is 0 Å². The average Bonchev–Trinajstić information content (AvgIpc) is 1.38. The van der Waals surface area contributed by atoms with Crippen LogP contribution in [0.15, 0.2) is 0 Å². The van der Waals surface area contributed by atoms with Crippen LogP contribution in [0.1, 0.15) is 0 Å². The smallest absolute Gasteiger partial charge is 0.223 e. The van der Waals surface area contributed by atoms with Crippen molar-refractivity contribution in [3.8, 4) is 0 Å². The van der Waals surface area contributed by atoms with Crippen LogP contribution in [-0.4, -0.2) is 18.7 Å². The van der Waals surface area contributed by atoms with Crippen LogP contribution in [0.25, 0.3) is 0 Å². The fourth-order valence-corrected chi connectivity index (χ4v) is 0. The lowest BCUT2D eigenvalue weighted by atomic mass is 11.8. The molecule has 0 aliphatic carbocycles. The number of hydrogen-bond donors (Lipinski definition) is 1. The minimum absolute atomic E-state index is 1.37. The van der Waals surface area contributed by atoms with Crippen LogP contribution in [0.5, 0.6) is 0 Å². The second kappa shape index (κ2) is 2.58. The molecule has 0 aromatic carbocycles. The lowest BCUT2D eigenvalue weighted by Crippen LogP contribution is -1.66. The van der Waals surface area contributed by atoms with Crippen molar-refractivity contribution in [3.63, 3.8) is 0 Å². The van der Waals surface area contributed by atoms with Gasteiger partial charge in [-0.05, 0) is 0 Å². The molecule has 0 aromatic rings. The quantitative estimate of drug-likeness (QED) is 0.474. The summed E-state index contributed by atoms with van der Waals surface area (Å²) in [4.78, 5) is 8.24. The Morgan fingerprint density at radius 2 is 2.00 bits per heavy atom. The number of hydrogen-bond acceptors (Lipinski definition) is 2. The Balaban J connectivity index is 2.54. The molecule has 3 heteroatoms. The molecule has 5 heavy (non-hydrogen) atoms. The third kappa shape index (κ3) is 4.35. The maximum Gasteiger partial charge on any atom is 0.256 e. The first kappa shape index (κ1) is 5.35. The van der Waals surface area contributed by atoms with E-state index in [1.165, 1.54) is 7.11 Å². The zero-order chi connectivity index (χ0) is 4.28. The van der Waals surface area contributed by atoms with E-state index >= 15 is 0 Å². The summed E-state index contributed by atoms with van der Waals surface area (Å²) < 4.78 is 4.41. The molecule has 0 amide bonds. The molecule has 1 N–H and O–H groups in total. The van der Waals surface area contributed by atoms with E-state index in [9.17, 15) is 0 Å². The molecule has 0 bridgehead atoms. The summed E-state index contributed by atoms with van der Waals surface area (Å²) in [6, 6.07) is 0. The van der Waals surface area contributed by atoms with E-state index in [2.05, 4.69) is 4.52 Å². The highest BCUT2D eigenvalue weighted by Crippen LogP contribution is 2.21. The Kier molecular flexibility index (Phi) is 2.76. The first-order chi connectivity index (χ1) is 2.27. The third-order valence-corrected chi connectivity index (χ3v) is 0.886. The largest absolute Gasteiger partial charge is 0.256 e. The van der Waals surface area contributed by atoms with Gasteiger partial charge in [0.15, 0.2) is 0 Å². The molecule has 0 aromatic heterocycles. The topological polar surface area (TPSA) is 29.5 Å². The molecule has 0 rings (SSSR count). The maximum absolute atomic E-state index is 8.24. The van der Waals surface area contributed by atoms with Gasteiger partial charge in [-0.1, -0.05) is 0 Å². The summed E-state index contributed by atoms with van der Waals surface area (Å²) in [6.07, 6.45) is 0. The fraction of sp³-hybridized carbons (Fsp3) is 1.00. The van der Waals surface area contributed by atoms with Crippen molar-refractivity contribution in [1.29, 1.82) is 0 Å². The standard InChI is InChI=1S/C2H7O2P/c1-4-5(2)3/h3H,1-2H3/p+1. The highest BCUT2D eigenvalue weighted by atomic mass is 31.2. The van der Waals surface area contributed by atoms with Gasteiger partial charge in [0.2, 0.25) is 0 Å². The SMILES string of the molecule is CO[PH+](C)O. The monoisotopic (exact) mass is 95.0 g/mol. The normalized spacial score (nSPS) is 15.0. The molecule has 0 radical (unpaired) electrons. The molecular formula is C2H8O2P+. The van der Waals surface area contributed by atoms with E-state index < -0.39 is 8.38 Å². The molecule has 0 aliphatic heterocycles. The molecule has 0 saturated carbocycles. The van der Waals surface area contributed by atoms with Gasteiger partial charge in [0.05, 0.1) is 13.8 Å². The first-order valence-electron chi connectivity index (χ1n) is 1.34. The highest BCUT2D eigenvalue weighted by Gasteiger charge is 1.91. The Hall–Kier alpha value is 0.350. The molecule has 0 heterocycles. The molecule has 0 saturated heterocycles. The zero-order valence-corrected chi connectivity index (χ0v) is 4.36. The molecule has 1 atom stereocenters. The van der Waals surface area contributed by atoms with E-state index in [4.69, 9.17) is 4.89 Å². The average molecular weight is 95.1 g/mol. The summed E-state index contributed by atoms with van der Waals surface area (Å²) in [5.41, 5.74) is 0. The van der Waals surface area contributed by atoms with Gasteiger partial charge < -0.3 is 0 Å². The van der Waals surface area contributed by atoms with Crippen LogP contribution in [0, 0.1) is 0 Å². The number of rotatable bonds is 1. The van der Waals surface area contributed by atoms with Gasteiger partial charge in [0, 0.05) is 0 Å². The Bertz CT molecular complexity index is 21.6. The molecule has 32 valence electrons. The predicted octanol–water partition coefficient (Wildman–Crippen LogP) is 0.299.